The molecule has 0 bridgehead atoms. The molecular weight excluding hydrogens is 352 g/mol. The molecular formula is C22H30N4O2. The number of aromatic nitrogens is 3. The maximum Gasteiger partial charge on any atom is 0.105 e. The Morgan fingerprint density at radius 1 is 1.18 bits per heavy atom. The number of piperidine rings is 1. The Bertz CT molecular complexity index is 937. The molecule has 0 saturated carbocycles. The Hall–Kier alpha value is -2.15. The molecule has 4 rings (SSSR count). The molecule has 2 aromatic heterocycles. The summed E-state index contributed by atoms with van der Waals surface area (Å²) in [5, 5.41) is 23.0. The van der Waals surface area contributed by atoms with Gasteiger partial charge >= 0.3 is 0 Å². The van der Waals surface area contributed by atoms with Crippen LogP contribution in [0.1, 0.15) is 37.3 Å². The Morgan fingerprint density at radius 2 is 1.93 bits per heavy atom. The summed E-state index contributed by atoms with van der Waals surface area (Å²) in [6.07, 6.45) is 6.66. The lowest BCUT2D eigenvalue weighted by molar-refractivity contribution is -0.0418. The molecule has 1 aliphatic heterocycles. The van der Waals surface area contributed by atoms with Crippen LogP contribution in [0, 0.1) is 6.92 Å². The highest BCUT2D eigenvalue weighted by Gasteiger charge is 2.33. The fraction of sp³-hybridized carbons (Fsp3) is 0.500. The zero-order valence-electron chi connectivity index (χ0n) is 16.8. The van der Waals surface area contributed by atoms with Gasteiger partial charge in [-0.15, -0.1) is 0 Å². The molecule has 6 heteroatoms. The molecule has 150 valence electrons. The van der Waals surface area contributed by atoms with Crippen LogP contribution in [0.5, 0.6) is 0 Å². The molecule has 6 nitrogen and oxygen atoms in total. The molecule has 1 fully saturated rings. The first-order chi connectivity index (χ1) is 13.5. The number of aliphatic hydroxyl groups excluding tert-OH is 1. The Morgan fingerprint density at radius 3 is 2.61 bits per heavy atom. The fourth-order valence-electron chi connectivity index (χ4n) is 4.34. The van der Waals surface area contributed by atoms with Crippen molar-refractivity contribution in [2.24, 2.45) is 0 Å². The Kier molecular flexibility index (Phi) is 5.27. The molecule has 1 saturated heterocycles. The van der Waals surface area contributed by atoms with Gasteiger partial charge < -0.3 is 24.2 Å². The SMILES string of the molecule is CCn1cc(C(O)CN2CCC(O)(Cn3ccnc3C)CC2)c2ccccc21. The van der Waals surface area contributed by atoms with Crippen LogP contribution in [0.25, 0.3) is 10.9 Å². The first kappa shape index (κ1) is 19.2. The number of β-amino-alcohol motifs (C(OH)–C–C–N with tert-alkyl or cyclic N) is 1. The number of rotatable bonds is 6. The van der Waals surface area contributed by atoms with Crippen LogP contribution in [0.2, 0.25) is 0 Å². The highest BCUT2D eigenvalue weighted by Crippen LogP contribution is 2.30. The third-order valence-electron chi connectivity index (χ3n) is 6.13. The third-order valence-corrected chi connectivity index (χ3v) is 6.13. The van der Waals surface area contributed by atoms with Crippen molar-refractivity contribution in [3.8, 4) is 0 Å². The predicted molar refractivity (Wildman–Crippen MR) is 110 cm³/mol. The van der Waals surface area contributed by atoms with E-state index in [1.807, 2.05) is 29.8 Å². The van der Waals surface area contributed by atoms with Crippen LogP contribution in [0.15, 0.2) is 42.9 Å². The van der Waals surface area contributed by atoms with Gasteiger partial charge in [-0.1, -0.05) is 18.2 Å². The number of likely N-dealkylation sites (tertiary alicyclic amines) is 1. The zero-order valence-corrected chi connectivity index (χ0v) is 16.8. The maximum absolute atomic E-state index is 11.0. The minimum atomic E-state index is -0.703. The Labute approximate surface area is 166 Å². The van der Waals surface area contributed by atoms with E-state index >= 15 is 0 Å². The number of aryl methyl sites for hydroxylation is 2. The van der Waals surface area contributed by atoms with Crippen LogP contribution in [-0.4, -0.2) is 54.5 Å². The normalized spacial score (nSPS) is 18.6. The van der Waals surface area contributed by atoms with E-state index in [-0.39, 0.29) is 0 Å². The van der Waals surface area contributed by atoms with Gasteiger partial charge in [0.1, 0.15) is 5.82 Å². The molecule has 2 N–H and O–H groups in total. The summed E-state index contributed by atoms with van der Waals surface area (Å²) in [6.45, 7) is 7.72. The lowest BCUT2D eigenvalue weighted by atomic mass is 9.91. The van der Waals surface area contributed by atoms with Crippen molar-refractivity contribution < 1.29 is 10.2 Å². The Balaban J connectivity index is 1.40. The van der Waals surface area contributed by atoms with Gasteiger partial charge in [0, 0.05) is 61.2 Å². The van der Waals surface area contributed by atoms with Crippen molar-refractivity contribution in [2.45, 2.75) is 51.5 Å². The lowest BCUT2D eigenvalue weighted by Crippen LogP contribution is -2.47. The minimum absolute atomic E-state index is 0.528. The first-order valence-corrected chi connectivity index (χ1v) is 10.2. The molecule has 28 heavy (non-hydrogen) atoms. The van der Waals surface area contributed by atoms with E-state index in [0.29, 0.717) is 25.9 Å². The summed E-state index contributed by atoms with van der Waals surface area (Å²) < 4.78 is 4.21. The van der Waals surface area contributed by atoms with E-state index in [9.17, 15) is 10.2 Å². The van der Waals surface area contributed by atoms with Crippen molar-refractivity contribution in [1.29, 1.82) is 0 Å². The molecule has 0 amide bonds. The maximum atomic E-state index is 11.0. The van der Waals surface area contributed by atoms with Gasteiger partial charge in [0.15, 0.2) is 0 Å². The van der Waals surface area contributed by atoms with E-state index in [0.717, 1.165) is 36.4 Å². The van der Waals surface area contributed by atoms with Crippen molar-refractivity contribution in [3.05, 3.63) is 54.2 Å². The van der Waals surface area contributed by atoms with Crippen LogP contribution < -0.4 is 0 Å². The van der Waals surface area contributed by atoms with E-state index in [1.54, 1.807) is 6.20 Å². The summed E-state index contributed by atoms with van der Waals surface area (Å²) in [6, 6.07) is 8.26. The minimum Gasteiger partial charge on any atom is -0.388 e. The van der Waals surface area contributed by atoms with Gasteiger partial charge in [-0.3, -0.25) is 0 Å². The predicted octanol–water partition coefficient (Wildman–Crippen LogP) is 2.73. The number of fused-ring (bicyclic) bond motifs is 1. The van der Waals surface area contributed by atoms with Crippen molar-refractivity contribution in [3.63, 3.8) is 0 Å². The molecule has 1 aromatic carbocycles. The van der Waals surface area contributed by atoms with Crippen molar-refractivity contribution >= 4 is 10.9 Å². The monoisotopic (exact) mass is 382 g/mol. The number of hydrogen-bond acceptors (Lipinski definition) is 4. The molecule has 1 aliphatic rings. The molecule has 0 spiro atoms. The number of imidazole rings is 1. The second-order valence-corrected chi connectivity index (χ2v) is 8.03. The summed E-state index contributed by atoms with van der Waals surface area (Å²) >= 11 is 0. The summed E-state index contributed by atoms with van der Waals surface area (Å²) in [7, 11) is 0. The van der Waals surface area contributed by atoms with Gasteiger partial charge in [0.25, 0.3) is 0 Å². The largest absolute Gasteiger partial charge is 0.388 e. The van der Waals surface area contributed by atoms with Gasteiger partial charge in [-0.25, -0.2) is 4.98 Å². The van der Waals surface area contributed by atoms with E-state index in [4.69, 9.17) is 0 Å². The number of aliphatic hydroxyl groups is 2. The molecule has 3 heterocycles. The molecule has 1 atom stereocenters. The molecule has 1 unspecified atom stereocenters. The van der Waals surface area contributed by atoms with E-state index < -0.39 is 11.7 Å². The van der Waals surface area contributed by atoms with Crippen molar-refractivity contribution in [1.82, 2.24) is 19.0 Å². The van der Waals surface area contributed by atoms with Gasteiger partial charge in [0.05, 0.1) is 18.2 Å². The second-order valence-electron chi connectivity index (χ2n) is 8.03. The summed E-state index contributed by atoms with van der Waals surface area (Å²) in [5.41, 5.74) is 1.46. The molecule has 0 radical (unpaired) electrons. The van der Waals surface area contributed by atoms with E-state index in [1.165, 1.54) is 5.52 Å². The fourth-order valence-corrected chi connectivity index (χ4v) is 4.34. The average molecular weight is 383 g/mol. The van der Waals surface area contributed by atoms with Crippen LogP contribution in [0.4, 0.5) is 0 Å². The van der Waals surface area contributed by atoms with E-state index in [2.05, 4.69) is 39.7 Å². The number of benzene rings is 1. The smallest absolute Gasteiger partial charge is 0.105 e. The highest BCUT2D eigenvalue weighted by molar-refractivity contribution is 5.84. The molecule has 0 aliphatic carbocycles. The quantitative estimate of drug-likeness (QED) is 0.688. The number of para-hydroxylation sites is 1. The van der Waals surface area contributed by atoms with Crippen LogP contribution in [-0.2, 0) is 13.1 Å². The van der Waals surface area contributed by atoms with Crippen LogP contribution in [0.3, 0.4) is 0 Å². The summed E-state index contributed by atoms with van der Waals surface area (Å²) in [5.74, 6) is 0.929. The lowest BCUT2D eigenvalue weighted by Gasteiger charge is -2.39. The third kappa shape index (κ3) is 3.72. The van der Waals surface area contributed by atoms with Gasteiger partial charge in [0.2, 0.25) is 0 Å². The highest BCUT2D eigenvalue weighted by atomic mass is 16.3. The molecule has 3 aromatic rings. The number of nitrogens with zero attached hydrogens (tertiary/aromatic N) is 4. The van der Waals surface area contributed by atoms with Gasteiger partial charge in [-0.2, -0.15) is 0 Å². The van der Waals surface area contributed by atoms with Crippen LogP contribution >= 0.6 is 0 Å². The first-order valence-electron chi connectivity index (χ1n) is 10.2. The van der Waals surface area contributed by atoms with Gasteiger partial charge in [-0.05, 0) is 32.8 Å². The standard InChI is InChI=1S/C22H30N4O2/c1-3-25-14-19(18-6-4-5-7-20(18)25)21(27)15-24-11-8-22(28,9-12-24)16-26-13-10-23-17(26)2/h4-7,10,13-14,21,27-28H,3,8-9,11-12,15-16H2,1-2H3. The summed E-state index contributed by atoms with van der Waals surface area (Å²) in [4.78, 5) is 6.50. The second kappa shape index (κ2) is 7.70. The average Bonchev–Trinajstić information content (AvgIpc) is 3.27. The topological polar surface area (TPSA) is 66.4 Å². The number of hydrogen-bond donors (Lipinski definition) is 2. The van der Waals surface area contributed by atoms with Crippen molar-refractivity contribution in [2.75, 3.05) is 19.6 Å². The zero-order chi connectivity index (χ0) is 19.7.